The largest absolute Gasteiger partial charge is 0.488 e. The van der Waals surface area contributed by atoms with E-state index in [4.69, 9.17) is 14.5 Å². The molecule has 1 aliphatic heterocycles. The molecule has 1 saturated heterocycles. The van der Waals surface area contributed by atoms with Crippen LogP contribution >= 0.6 is 11.3 Å². The molecule has 0 atom stereocenters. The summed E-state index contributed by atoms with van der Waals surface area (Å²) in [6.07, 6.45) is 1.27. The Bertz CT molecular complexity index is 1250. The van der Waals surface area contributed by atoms with Gasteiger partial charge in [0, 0.05) is 43.3 Å². The quantitative estimate of drug-likeness (QED) is 0.372. The summed E-state index contributed by atoms with van der Waals surface area (Å²) in [7, 11) is 1.60. The molecule has 1 aliphatic rings. The number of methoxy groups -OCH3 is 1. The molecule has 2 N–H and O–H groups in total. The predicted octanol–water partition coefficient (Wildman–Crippen LogP) is 4.68. The zero-order chi connectivity index (χ0) is 26.4. The Morgan fingerprint density at radius 3 is 2.65 bits per heavy atom. The molecular formula is C28H33N3O5S. The molecular weight excluding hydrogens is 490 g/mol. The summed E-state index contributed by atoms with van der Waals surface area (Å²) in [4.78, 5) is 30.6. The molecule has 0 bridgehead atoms. The van der Waals surface area contributed by atoms with E-state index in [0.717, 1.165) is 38.8 Å². The first-order chi connectivity index (χ1) is 17.9. The number of piperidine rings is 1. The average Bonchev–Trinajstić information content (AvgIpc) is 3.39. The van der Waals surface area contributed by atoms with Gasteiger partial charge in [0.05, 0.1) is 18.2 Å². The number of benzene rings is 2. The number of ether oxygens (including phenoxy) is 2. The Morgan fingerprint density at radius 2 is 1.95 bits per heavy atom. The summed E-state index contributed by atoms with van der Waals surface area (Å²) in [5.74, 6) is -0.362. The highest BCUT2D eigenvalue weighted by atomic mass is 32.1. The standard InChI is InChI=1S/C28H33N3O5S/c1-18-4-7-25(36-16-22-6-5-21(15-19(22)2)26(32)29-10-13-35-3)23(14-18)24-17-37-28(30-24)31-11-8-20(9-12-31)27(33)34/h4-7,14-15,17,20H,8-13,16H2,1-3H3,(H,29,32)(H,33,34). The van der Waals surface area contributed by atoms with E-state index in [1.54, 1.807) is 18.4 Å². The number of hydrogen-bond acceptors (Lipinski definition) is 7. The fourth-order valence-corrected chi connectivity index (χ4v) is 5.22. The first-order valence-corrected chi connectivity index (χ1v) is 13.3. The normalized spacial score (nSPS) is 14.0. The van der Waals surface area contributed by atoms with Crippen molar-refractivity contribution in [2.45, 2.75) is 33.3 Å². The van der Waals surface area contributed by atoms with Crippen LogP contribution in [-0.2, 0) is 16.1 Å². The van der Waals surface area contributed by atoms with Crippen LogP contribution in [0.5, 0.6) is 5.75 Å². The van der Waals surface area contributed by atoms with Crippen molar-refractivity contribution < 1.29 is 24.2 Å². The van der Waals surface area contributed by atoms with Crippen molar-refractivity contribution in [1.29, 1.82) is 0 Å². The number of carboxylic acids is 1. The van der Waals surface area contributed by atoms with Crippen LogP contribution in [-0.4, -0.2) is 55.3 Å². The van der Waals surface area contributed by atoms with E-state index in [-0.39, 0.29) is 11.8 Å². The zero-order valence-electron chi connectivity index (χ0n) is 21.5. The predicted molar refractivity (Wildman–Crippen MR) is 145 cm³/mol. The minimum absolute atomic E-state index is 0.125. The van der Waals surface area contributed by atoms with Gasteiger partial charge in [-0.15, -0.1) is 11.3 Å². The number of thiazole rings is 1. The van der Waals surface area contributed by atoms with Gasteiger partial charge in [-0.3, -0.25) is 9.59 Å². The van der Waals surface area contributed by atoms with Gasteiger partial charge in [-0.2, -0.15) is 0 Å². The van der Waals surface area contributed by atoms with E-state index < -0.39 is 5.97 Å². The first kappa shape index (κ1) is 26.6. The number of hydrogen-bond donors (Lipinski definition) is 2. The van der Waals surface area contributed by atoms with Crippen LogP contribution in [0.15, 0.2) is 41.8 Å². The summed E-state index contributed by atoms with van der Waals surface area (Å²) in [6, 6.07) is 11.7. The summed E-state index contributed by atoms with van der Waals surface area (Å²) in [6.45, 7) is 6.71. The van der Waals surface area contributed by atoms with Crippen LogP contribution in [0.25, 0.3) is 11.3 Å². The third-order valence-electron chi connectivity index (χ3n) is 6.60. The number of carbonyl (C=O) groups excluding carboxylic acids is 1. The van der Waals surface area contributed by atoms with Gasteiger partial charge in [0.15, 0.2) is 5.13 Å². The fraction of sp³-hybridized carbons (Fsp3) is 0.393. The Kier molecular flexibility index (Phi) is 8.78. The monoisotopic (exact) mass is 523 g/mol. The number of amides is 1. The molecule has 8 nitrogen and oxygen atoms in total. The van der Waals surface area contributed by atoms with Crippen LogP contribution in [0.4, 0.5) is 5.13 Å². The van der Waals surface area contributed by atoms with Gasteiger partial charge < -0.3 is 24.8 Å². The number of aryl methyl sites for hydroxylation is 2. The lowest BCUT2D eigenvalue weighted by atomic mass is 9.97. The summed E-state index contributed by atoms with van der Waals surface area (Å²) < 4.78 is 11.2. The number of carboxylic acid groups (broad SMARTS) is 1. The van der Waals surface area contributed by atoms with Crippen LogP contribution < -0.4 is 15.0 Å². The number of aromatic nitrogens is 1. The highest BCUT2D eigenvalue weighted by Crippen LogP contribution is 2.36. The van der Waals surface area contributed by atoms with E-state index in [0.29, 0.717) is 51.3 Å². The van der Waals surface area contributed by atoms with Crippen LogP contribution in [0.1, 0.15) is 39.9 Å². The van der Waals surface area contributed by atoms with Crippen molar-refractivity contribution in [2.24, 2.45) is 5.92 Å². The molecule has 1 fully saturated rings. The number of anilines is 1. The second kappa shape index (κ2) is 12.2. The van der Waals surface area contributed by atoms with Crippen molar-refractivity contribution >= 4 is 28.3 Å². The SMILES string of the molecule is COCCNC(=O)c1ccc(COc2ccc(C)cc2-c2csc(N3CCC(C(=O)O)CC3)n2)c(C)c1. The highest BCUT2D eigenvalue weighted by Gasteiger charge is 2.26. The van der Waals surface area contributed by atoms with Gasteiger partial charge in [-0.25, -0.2) is 4.98 Å². The molecule has 37 heavy (non-hydrogen) atoms. The van der Waals surface area contributed by atoms with E-state index in [2.05, 4.69) is 16.3 Å². The van der Waals surface area contributed by atoms with E-state index in [1.165, 1.54) is 0 Å². The molecule has 2 aromatic carbocycles. The lowest BCUT2D eigenvalue weighted by Gasteiger charge is -2.29. The maximum absolute atomic E-state index is 12.3. The number of nitrogens with one attached hydrogen (secondary N) is 1. The summed E-state index contributed by atoms with van der Waals surface area (Å²) in [5.41, 5.74) is 5.47. The minimum atomic E-state index is -0.712. The van der Waals surface area contributed by atoms with Gasteiger partial charge in [0.1, 0.15) is 12.4 Å². The Hall–Kier alpha value is -3.43. The number of nitrogens with zero attached hydrogens (tertiary/aromatic N) is 2. The van der Waals surface area contributed by atoms with Gasteiger partial charge in [0.2, 0.25) is 0 Å². The Morgan fingerprint density at radius 1 is 1.16 bits per heavy atom. The lowest BCUT2D eigenvalue weighted by molar-refractivity contribution is -0.142. The van der Waals surface area contributed by atoms with E-state index in [1.807, 2.05) is 49.6 Å². The fourth-order valence-electron chi connectivity index (χ4n) is 4.34. The van der Waals surface area contributed by atoms with Crippen molar-refractivity contribution in [3.8, 4) is 17.0 Å². The molecule has 2 heterocycles. The molecule has 0 spiro atoms. The van der Waals surface area contributed by atoms with Gasteiger partial charge in [-0.1, -0.05) is 17.7 Å². The molecule has 0 saturated carbocycles. The van der Waals surface area contributed by atoms with E-state index in [9.17, 15) is 14.7 Å². The number of rotatable bonds is 10. The maximum atomic E-state index is 12.3. The molecule has 3 aromatic rings. The van der Waals surface area contributed by atoms with Crippen molar-refractivity contribution in [1.82, 2.24) is 10.3 Å². The molecule has 1 amide bonds. The zero-order valence-corrected chi connectivity index (χ0v) is 22.3. The highest BCUT2D eigenvalue weighted by molar-refractivity contribution is 7.14. The van der Waals surface area contributed by atoms with Crippen molar-refractivity contribution in [3.05, 3.63) is 64.0 Å². The molecule has 0 radical (unpaired) electrons. The van der Waals surface area contributed by atoms with Gasteiger partial charge >= 0.3 is 5.97 Å². The second-order valence-electron chi connectivity index (χ2n) is 9.29. The van der Waals surface area contributed by atoms with Crippen LogP contribution in [0.3, 0.4) is 0 Å². The molecule has 0 unspecified atom stereocenters. The van der Waals surface area contributed by atoms with Gasteiger partial charge in [-0.05, 0) is 62.1 Å². The third-order valence-corrected chi connectivity index (χ3v) is 7.50. The Labute approximate surface area is 221 Å². The van der Waals surface area contributed by atoms with Gasteiger partial charge in [0.25, 0.3) is 5.91 Å². The van der Waals surface area contributed by atoms with Crippen LogP contribution in [0.2, 0.25) is 0 Å². The van der Waals surface area contributed by atoms with Crippen molar-refractivity contribution in [3.63, 3.8) is 0 Å². The minimum Gasteiger partial charge on any atom is -0.488 e. The summed E-state index contributed by atoms with van der Waals surface area (Å²) in [5, 5.41) is 15.0. The maximum Gasteiger partial charge on any atom is 0.306 e. The third kappa shape index (κ3) is 6.67. The number of carbonyl (C=O) groups is 2. The number of aliphatic carboxylic acids is 1. The average molecular weight is 524 g/mol. The molecule has 4 rings (SSSR count). The Balaban J connectivity index is 1.45. The molecule has 1 aromatic heterocycles. The molecule has 196 valence electrons. The van der Waals surface area contributed by atoms with Crippen molar-refractivity contribution in [2.75, 3.05) is 38.3 Å². The van der Waals surface area contributed by atoms with Crippen LogP contribution in [0, 0.1) is 19.8 Å². The topological polar surface area (TPSA) is 101 Å². The molecule has 9 heteroatoms. The smallest absolute Gasteiger partial charge is 0.306 e. The molecule has 0 aliphatic carbocycles. The second-order valence-corrected chi connectivity index (χ2v) is 10.1. The van der Waals surface area contributed by atoms with E-state index >= 15 is 0 Å². The summed E-state index contributed by atoms with van der Waals surface area (Å²) >= 11 is 1.57. The lowest BCUT2D eigenvalue weighted by Crippen LogP contribution is -2.36. The first-order valence-electron chi connectivity index (χ1n) is 12.4.